The minimum absolute atomic E-state index is 0. The second-order valence-electron chi connectivity index (χ2n) is 2.77. The Hall–Kier alpha value is -1.76. The van der Waals surface area contributed by atoms with Crippen molar-refractivity contribution in [3.63, 3.8) is 0 Å². The summed E-state index contributed by atoms with van der Waals surface area (Å²) in [6.45, 7) is -0.777. The quantitative estimate of drug-likeness (QED) is 0.503. The molecule has 1 aromatic carbocycles. The zero-order chi connectivity index (χ0) is 11.3. The molecule has 1 unspecified atom stereocenters. The zero-order valence-corrected chi connectivity index (χ0v) is 8.29. The number of ether oxygens (including phenoxy) is 1. The maximum atomic E-state index is 11.2. The fraction of sp³-hybridized carbons (Fsp3) is 0.200. The third-order valence-electron chi connectivity index (χ3n) is 1.65. The number of hydrogen-bond acceptors (Lipinski definition) is 5. The number of aliphatic hydroxyl groups excluding tert-OH is 2. The van der Waals surface area contributed by atoms with Gasteiger partial charge in [-0.05, 0) is 12.1 Å². The predicted octanol–water partition coefficient (Wildman–Crippen LogP) is -1.10. The van der Waals surface area contributed by atoms with Crippen LogP contribution in [-0.4, -0.2) is 40.3 Å². The molecule has 0 fully saturated rings. The van der Waals surface area contributed by atoms with Crippen LogP contribution in [0.5, 0.6) is 0 Å². The lowest BCUT2D eigenvalue weighted by Crippen LogP contribution is -2.28. The van der Waals surface area contributed by atoms with E-state index in [-0.39, 0.29) is 11.0 Å². The maximum Gasteiger partial charge on any atom is 0.345 e. The van der Waals surface area contributed by atoms with Gasteiger partial charge < -0.3 is 20.4 Å². The van der Waals surface area contributed by atoms with E-state index in [9.17, 15) is 9.59 Å². The summed E-state index contributed by atoms with van der Waals surface area (Å²) in [5.41, 5.74) is 0.205. The molecule has 0 aliphatic heterocycles. The van der Waals surface area contributed by atoms with Crippen LogP contribution in [-0.2, 0) is 9.53 Å². The topological polar surface area (TPSA) is 115 Å². The monoisotopic (exact) mass is 228 g/mol. The lowest BCUT2D eigenvalue weighted by Gasteiger charge is -2.05. The van der Waals surface area contributed by atoms with Gasteiger partial charge in [-0.3, -0.25) is 0 Å². The first kappa shape index (κ1) is 14.2. The van der Waals surface area contributed by atoms with Crippen molar-refractivity contribution in [3.05, 3.63) is 35.9 Å². The van der Waals surface area contributed by atoms with Gasteiger partial charge in [0, 0.05) is 0 Å². The van der Waals surface area contributed by atoms with Crippen LogP contribution in [0.15, 0.2) is 30.3 Å². The van der Waals surface area contributed by atoms with E-state index in [0.29, 0.717) is 0 Å². The number of carbonyl (C=O) groups is 2. The normalized spacial score (nSPS) is 11.1. The number of rotatable bonds is 3. The Morgan fingerprint density at radius 2 is 1.81 bits per heavy atom. The van der Waals surface area contributed by atoms with E-state index in [1.807, 2.05) is 0 Å². The van der Waals surface area contributed by atoms with Crippen LogP contribution in [0.4, 0.5) is 0 Å². The molecular formula is C10H12O6. The number of benzene rings is 1. The molecule has 6 nitrogen and oxygen atoms in total. The summed E-state index contributed by atoms with van der Waals surface area (Å²) < 4.78 is 4.30. The number of esters is 2. The van der Waals surface area contributed by atoms with Gasteiger partial charge in [0.2, 0.25) is 0 Å². The SMILES string of the molecule is O.O=C(OC(=O)C(O)CO)c1ccccc1. The van der Waals surface area contributed by atoms with Gasteiger partial charge >= 0.3 is 11.9 Å². The molecule has 88 valence electrons. The maximum absolute atomic E-state index is 11.2. The van der Waals surface area contributed by atoms with Crippen molar-refractivity contribution >= 4 is 11.9 Å². The summed E-state index contributed by atoms with van der Waals surface area (Å²) in [5, 5.41) is 17.3. The zero-order valence-electron chi connectivity index (χ0n) is 8.29. The fourth-order valence-corrected chi connectivity index (χ4v) is 0.867. The van der Waals surface area contributed by atoms with Crippen LogP contribution in [0.25, 0.3) is 0 Å². The van der Waals surface area contributed by atoms with Crippen LogP contribution < -0.4 is 0 Å². The molecule has 16 heavy (non-hydrogen) atoms. The summed E-state index contributed by atoms with van der Waals surface area (Å²) in [6, 6.07) is 7.89. The highest BCUT2D eigenvalue weighted by Crippen LogP contribution is 2.02. The Bertz CT molecular complexity index is 348. The standard InChI is InChI=1S/C10H10O5.H2O/c11-6-8(12)10(14)15-9(13)7-4-2-1-3-5-7;/h1-5,8,11-12H,6H2;1H2. The molecular weight excluding hydrogens is 216 g/mol. The second-order valence-corrected chi connectivity index (χ2v) is 2.77. The van der Waals surface area contributed by atoms with Gasteiger partial charge in [-0.15, -0.1) is 0 Å². The molecule has 0 aliphatic carbocycles. The molecule has 0 aromatic heterocycles. The minimum atomic E-state index is -1.68. The van der Waals surface area contributed by atoms with Crippen molar-refractivity contribution in [2.75, 3.05) is 6.61 Å². The van der Waals surface area contributed by atoms with Gasteiger partial charge in [0.15, 0.2) is 6.10 Å². The lowest BCUT2D eigenvalue weighted by atomic mass is 10.2. The van der Waals surface area contributed by atoms with Gasteiger partial charge in [0.05, 0.1) is 12.2 Å². The van der Waals surface area contributed by atoms with Gasteiger partial charge in [-0.25, -0.2) is 9.59 Å². The second kappa shape index (κ2) is 6.67. The van der Waals surface area contributed by atoms with Crippen molar-refractivity contribution < 1.29 is 30.0 Å². The van der Waals surface area contributed by atoms with Crippen LogP contribution in [0.1, 0.15) is 10.4 Å². The average molecular weight is 228 g/mol. The first-order valence-electron chi connectivity index (χ1n) is 4.25. The lowest BCUT2D eigenvalue weighted by molar-refractivity contribution is -0.149. The van der Waals surface area contributed by atoms with E-state index in [0.717, 1.165) is 0 Å². The Morgan fingerprint density at radius 3 is 2.31 bits per heavy atom. The largest absolute Gasteiger partial charge is 0.412 e. The molecule has 0 saturated heterocycles. The smallest absolute Gasteiger partial charge is 0.345 e. The molecule has 0 amide bonds. The third-order valence-corrected chi connectivity index (χ3v) is 1.65. The summed E-state index contributed by atoms with van der Waals surface area (Å²) in [5.74, 6) is -2.01. The van der Waals surface area contributed by atoms with E-state index in [1.54, 1.807) is 18.2 Å². The molecule has 0 heterocycles. The Morgan fingerprint density at radius 1 is 1.25 bits per heavy atom. The van der Waals surface area contributed by atoms with Gasteiger partial charge in [0.1, 0.15) is 0 Å². The number of hydrogen-bond donors (Lipinski definition) is 2. The Balaban J connectivity index is 0.00000225. The third kappa shape index (κ3) is 3.77. The number of carbonyl (C=O) groups excluding carboxylic acids is 2. The van der Waals surface area contributed by atoms with Crippen LogP contribution in [0, 0.1) is 0 Å². The fourth-order valence-electron chi connectivity index (χ4n) is 0.867. The predicted molar refractivity (Wildman–Crippen MR) is 53.6 cm³/mol. The summed E-state index contributed by atoms with van der Waals surface area (Å²) >= 11 is 0. The summed E-state index contributed by atoms with van der Waals surface area (Å²) in [4.78, 5) is 22.1. The van der Waals surface area contributed by atoms with Crippen molar-refractivity contribution in [2.24, 2.45) is 0 Å². The van der Waals surface area contributed by atoms with Crippen molar-refractivity contribution in [2.45, 2.75) is 6.10 Å². The van der Waals surface area contributed by atoms with Gasteiger partial charge in [-0.1, -0.05) is 18.2 Å². The molecule has 1 rings (SSSR count). The van der Waals surface area contributed by atoms with E-state index in [2.05, 4.69) is 4.74 Å². The van der Waals surface area contributed by atoms with E-state index in [4.69, 9.17) is 10.2 Å². The van der Waals surface area contributed by atoms with Crippen LogP contribution >= 0.6 is 0 Å². The first-order valence-corrected chi connectivity index (χ1v) is 4.25. The molecule has 0 bridgehead atoms. The molecule has 1 atom stereocenters. The molecule has 4 N–H and O–H groups in total. The van der Waals surface area contributed by atoms with Crippen LogP contribution in [0.2, 0.25) is 0 Å². The summed E-state index contributed by atoms with van der Waals surface area (Å²) in [6.07, 6.45) is -1.68. The average Bonchev–Trinajstić information content (AvgIpc) is 2.29. The van der Waals surface area contributed by atoms with E-state index < -0.39 is 24.6 Å². The van der Waals surface area contributed by atoms with Crippen molar-refractivity contribution in [1.29, 1.82) is 0 Å². The Kier molecular flexibility index (Phi) is 5.94. The van der Waals surface area contributed by atoms with Gasteiger partial charge in [-0.2, -0.15) is 0 Å². The highest BCUT2D eigenvalue weighted by Gasteiger charge is 2.19. The van der Waals surface area contributed by atoms with Crippen molar-refractivity contribution in [1.82, 2.24) is 0 Å². The molecule has 6 heteroatoms. The van der Waals surface area contributed by atoms with Gasteiger partial charge in [0.25, 0.3) is 0 Å². The number of aliphatic hydroxyl groups is 2. The minimum Gasteiger partial charge on any atom is -0.412 e. The molecule has 0 radical (unpaired) electrons. The summed E-state index contributed by atoms with van der Waals surface area (Å²) in [7, 11) is 0. The Labute approximate surface area is 91.4 Å². The molecule has 0 aliphatic rings. The van der Waals surface area contributed by atoms with Crippen LogP contribution in [0.3, 0.4) is 0 Å². The molecule has 1 aromatic rings. The van der Waals surface area contributed by atoms with E-state index in [1.165, 1.54) is 12.1 Å². The highest BCUT2D eigenvalue weighted by molar-refractivity contribution is 5.97. The van der Waals surface area contributed by atoms with E-state index >= 15 is 0 Å². The molecule has 0 spiro atoms. The molecule has 0 saturated carbocycles. The highest BCUT2D eigenvalue weighted by atomic mass is 16.6. The van der Waals surface area contributed by atoms with Crippen molar-refractivity contribution in [3.8, 4) is 0 Å². The first-order chi connectivity index (χ1) is 7.15.